The number of nitrogens with zero attached hydrogens (tertiary/aromatic N) is 3. The number of rotatable bonds is 2. The number of halogens is 3. The summed E-state index contributed by atoms with van der Waals surface area (Å²) in [5.74, 6) is 0. The minimum absolute atomic E-state index is 0.368. The van der Waals surface area contributed by atoms with Crippen molar-refractivity contribution in [2.24, 2.45) is 0 Å². The van der Waals surface area contributed by atoms with Crippen LogP contribution in [0, 0.1) is 6.92 Å². The number of alkyl halides is 3. The molecule has 4 rings (SSSR count). The number of benzene rings is 1. The number of aromatic nitrogens is 3. The van der Waals surface area contributed by atoms with Crippen LogP contribution >= 0.6 is 0 Å². The van der Waals surface area contributed by atoms with Gasteiger partial charge in [0.15, 0.2) is 5.58 Å². The van der Waals surface area contributed by atoms with Gasteiger partial charge in [0.05, 0.1) is 11.3 Å². The van der Waals surface area contributed by atoms with E-state index in [1.807, 2.05) is 6.07 Å². The molecule has 0 saturated heterocycles. The zero-order valence-corrected chi connectivity index (χ0v) is 13.6. The van der Waals surface area contributed by atoms with Crippen molar-refractivity contribution in [2.45, 2.75) is 13.1 Å². The van der Waals surface area contributed by atoms with Gasteiger partial charge in [-0.05, 0) is 31.2 Å². The summed E-state index contributed by atoms with van der Waals surface area (Å²) in [6.45, 7) is 1.74. The largest absolute Gasteiger partial charge is 0.416 e. The normalized spacial score (nSPS) is 11.8. The lowest BCUT2D eigenvalue weighted by atomic mass is 10.0. The first-order valence-corrected chi connectivity index (χ1v) is 7.78. The van der Waals surface area contributed by atoms with Gasteiger partial charge in [-0.2, -0.15) is 13.2 Å². The standard InChI is InChI=1S/C19H12F3N3O/c1-11-17-18(26-25-11)15(13-5-3-7-23-10-13)9-16(24-17)12-4-2-6-14(8-12)19(20,21)22/h2-10H,1H3. The minimum Gasteiger partial charge on any atom is -0.354 e. The fourth-order valence-electron chi connectivity index (χ4n) is 2.77. The Bertz CT molecular complexity index is 1090. The molecule has 0 saturated carbocycles. The van der Waals surface area contributed by atoms with Gasteiger partial charge in [0.25, 0.3) is 0 Å². The molecule has 26 heavy (non-hydrogen) atoms. The molecule has 0 fully saturated rings. The Kier molecular flexibility index (Phi) is 3.72. The average Bonchev–Trinajstić information content (AvgIpc) is 3.02. The highest BCUT2D eigenvalue weighted by Gasteiger charge is 2.30. The first-order valence-electron chi connectivity index (χ1n) is 7.78. The lowest BCUT2D eigenvalue weighted by molar-refractivity contribution is -0.137. The van der Waals surface area contributed by atoms with E-state index in [1.165, 1.54) is 6.07 Å². The Morgan fingerprint density at radius 1 is 1.00 bits per heavy atom. The second kappa shape index (κ2) is 5.94. The molecule has 7 heteroatoms. The molecule has 0 atom stereocenters. The van der Waals surface area contributed by atoms with Gasteiger partial charge in [0.1, 0.15) is 11.2 Å². The number of hydrogen-bond acceptors (Lipinski definition) is 4. The first kappa shape index (κ1) is 16.3. The van der Waals surface area contributed by atoms with Gasteiger partial charge in [-0.25, -0.2) is 4.98 Å². The third kappa shape index (κ3) is 2.81. The summed E-state index contributed by atoms with van der Waals surface area (Å²) in [5, 5.41) is 3.94. The van der Waals surface area contributed by atoms with Crippen LogP contribution in [0.25, 0.3) is 33.5 Å². The molecular formula is C19H12F3N3O. The van der Waals surface area contributed by atoms with Gasteiger partial charge in [0, 0.05) is 29.1 Å². The van der Waals surface area contributed by atoms with E-state index in [4.69, 9.17) is 4.52 Å². The first-order chi connectivity index (χ1) is 12.4. The highest BCUT2D eigenvalue weighted by atomic mass is 19.4. The summed E-state index contributed by atoms with van der Waals surface area (Å²) in [6.07, 6.45) is -1.12. The zero-order chi connectivity index (χ0) is 18.3. The van der Waals surface area contributed by atoms with Gasteiger partial charge in [0.2, 0.25) is 0 Å². The molecular weight excluding hydrogens is 343 g/mol. The van der Waals surface area contributed by atoms with Crippen LogP contribution < -0.4 is 0 Å². The second-order valence-corrected chi connectivity index (χ2v) is 5.82. The summed E-state index contributed by atoms with van der Waals surface area (Å²) in [7, 11) is 0. The van der Waals surface area contributed by atoms with Crippen LogP contribution in [0.1, 0.15) is 11.3 Å². The van der Waals surface area contributed by atoms with E-state index in [1.54, 1.807) is 37.5 Å². The second-order valence-electron chi connectivity index (χ2n) is 5.82. The van der Waals surface area contributed by atoms with Crippen molar-refractivity contribution < 1.29 is 17.7 Å². The number of aryl methyl sites for hydroxylation is 1. The monoisotopic (exact) mass is 355 g/mol. The van der Waals surface area contributed by atoms with Crippen LogP contribution in [-0.2, 0) is 6.18 Å². The summed E-state index contributed by atoms with van der Waals surface area (Å²) in [4.78, 5) is 8.56. The van der Waals surface area contributed by atoms with Crippen molar-refractivity contribution >= 4 is 11.1 Å². The van der Waals surface area contributed by atoms with Crippen molar-refractivity contribution in [3.8, 4) is 22.4 Å². The van der Waals surface area contributed by atoms with E-state index in [0.29, 0.717) is 33.6 Å². The topological polar surface area (TPSA) is 51.8 Å². The fraction of sp³-hybridized carbons (Fsp3) is 0.105. The molecule has 4 aromatic rings. The van der Waals surface area contributed by atoms with E-state index < -0.39 is 11.7 Å². The maximum atomic E-state index is 13.0. The average molecular weight is 355 g/mol. The van der Waals surface area contributed by atoms with Crippen LogP contribution in [0.2, 0.25) is 0 Å². The third-order valence-corrected chi connectivity index (χ3v) is 4.05. The summed E-state index contributed by atoms with van der Waals surface area (Å²) in [5.41, 5.74) is 3.06. The highest BCUT2D eigenvalue weighted by molar-refractivity contribution is 5.93. The van der Waals surface area contributed by atoms with Gasteiger partial charge in [-0.3, -0.25) is 4.98 Å². The van der Waals surface area contributed by atoms with Gasteiger partial charge in [-0.15, -0.1) is 0 Å². The highest BCUT2D eigenvalue weighted by Crippen LogP contribution is 2.35. The molecule has 0 amide bonds. The summed E-state index contributed by atoms with van der Waals surface area (Å²) >= 11 is 0. The SMILES string of the molecule is Cc1noc2c(-c3cccnc3)cc(-c3cccc(C(F)(F)F)c3)nc12. The molecule has 0 unspecified atom stereocenters. The van der Waals surface area contributed by atoms with E-state index >= 15 is 0 Å². The molecule has 3 heterocycles. The van der Waals surface area contributed by atoms with Crippen LogP contribution in [0.15, 0.2) is 59.4 Å². The Morgan fingerprint density at radius 3 is 2.54 bits per heavy atom. The lowest BCUT2D eigenvalue weighted by Gasteiger charge is -2.10. The number of fused-ring (bicyclic) bond motifs is 1. The predicted molar refractivity (Wildman–Crippen MR) is 90.2 cm³/mol. The number of pyridine rings is 2. The fourth-order valence-corrected chi connectivity index (χ4v) is 2.77. The number of hydrogen-bond donors (Lipinski definition) is 0. The van der Waals surface area contributed by atoms with Crippen LogP contribution in [-0.4, -0.2) is 15.1 Å². The molecule has 0 aliphatic heterocycles. The van der Waals surface area contributed by atoms with E-state index in [0.717, 1.165) is 17.7 Å². The molecule has 0 bridgehead atoms. The van der Waals surface area contributed by atoms with Crippen molar-refractivity contribution in [2.75, 3.05) is 0 Å². The van der Waals surface area contributed by atoms with E-state index in [9.17, 15) is 13.2 Å². The van der Waals surface area contributed by atoms with E-state index in [2.05, 4.69) is 15.1 Å². The Labute approximate surface area is 146 Å². The van der Waals surface area contributed by atoms with Gasteiger partial charge < -0.3 is 4.52 Å². The maximum absolute atomic E-state index is 13.0. The van der Waals surface area contributed by atoms with Crippen LogP contribution in [0.4, 0.5) is 13.2 Å². The van der Waals surface area contributed by atoms with E-state index in [-0.39, 0.29) is 0 Å². The summed E-state index contributed by atoms with van der Waals surface area (Å²) in [6, 6.07) is 10.4. The van der Waals surface area contributed by atoms with Crippen LogP contribution in [0.5, 0.6) is 0 Å². The lowest BCUT2D eigenvalue weighted by Crippen LogP contribution is -2.04. The molecule has 0 radical (unpaired) electrons. The smallest absolute Gasteiger partial charge is 0.354 e. The molecule has 0 spiro atoms. The third-order valence-electron chi connectivity index (χ3n) is 4.05. The van der Waals surface area contributed by atoms with Gasteiger partial charge >= 0.3 is 6.18 Å². The molecule has 130 valence electrons. The summed E-state index contributed by atoms with van der Waals surface area (Å²) < 4.78 is 44.5. The zero-order valence-electron chi connectivity index (χ0n) is 13.6. The molecule has 0 aliphatic carbocycles. The quantitative estimate of drug-likeness (QED) is 0.491. The van der Waals surface area contributed by atoms with Crippen LogP contribution in [0.3, 0.4) is 0 Å². The Balaban J connectivity index is 1.96. The Hall–Kier alpha value is -3.22. The van der Waals surface area contributed by atoms with Crippen molar-refractivity contribution in [3.05, 3.63) is 66.1 Å². The molecule has 0 aliphatic rings. The molecule has 3 aromatic heterocycles. The van der Waals surface area contributed by atoms with Crippen molar-refractivity contribution in [1.82, 2.24) is 15.1 Å². The predicted octanol–water partition coefficient (Wildman–Crippen LogP) is 5.28. The van der Waals surface area contributed by atoms with Gasteiger partial charge in [-0.1, -0.05) is 23.4 Å². The molecule has 4 nitrogen and oxygen atoms in total. The minimum atomic E-state index is -4.42. The maximum Gasteiger partial charge on any atom is 0.416 e. The van der Waals surface area contributed by atoms with Crippen molar-refractivity contribution in [1.29, 1.82) is 0 Å². The Morgan fingerprint density at radius 2 is 1.81 bits per heavy atom. The van der Waals surface area contributed by atoms with Crippen molar-refractivity contribution in [3.63, 3.8) is 0 Å². The molecule has 0 N–H and O–H groups in total. The molecule has 1 aromatic carbocycles.